The molecule has 0 bridgehead atoms. The highest BCUT2D eigenvalue weighted by atomic mass is 16.5. The molecular formula is C16H14O5. The summed E-state index contributed by atoms with van der Waals surface area (Å²) in [7, 11) is 1.50. The lowest BCUT2D eigenvalue weighted by Crippen LogP contribution is -2.00. The number of benzene rings is 2. The summed E-state index contributed by atoms with van der Waals surface area (Å²) >= 11 is 0. The van der Waals surface area contributed by atoms with Crippen molar-refractivity contribution in [2.45, 2.75) is 0 Å². The zero-order chi connectivity index (χ0) is 15.4. The average Bonchev–Trinajstić information content (AvgIpc) is 2.46. The molecule has 0 spiro atoms. The molecule has 0 saturated heterocycles. The molecule has 0 aliphatic rings. The van der Waals surface area contributed by atoms with Gasteiger partial charge in [-0.3, -0.25) is 0 Å². The van der Waals surface area contributed by atoms with E-state index in [-0.39, 0.29) is 17.1 Å². The number of aliphatic carboxylic acids is 1. The Morgan fingerprint density at radius 1 is 1.14 bits per heavy atom. The van der Waals surface area contributed by atoms with Gasteiger partial charge in [-0.25, -0.2) is 4.79 Å². The van der Waals surface area contributed by atoms with Crippen molar-refractivity contribution in [2.75, 3.05) is 7.11 Å². The molecule has 0 amide bonds. The van der Waals surface area contributed by atoms with E-state index >= 15 is 0 Å². The Balaban J connectivity index is 2.52. The summed E-state index contributed by atoms with van der Waals surface area (Å²) < 4.78 is 5.07. The first kappa shape index (κ1) is 14.5. The molecule has 0 atom stereocenters. The molecule has 2 aromatic carbocycles. The van der Waals surface area contributed by atoms with Crippen LogP contribution in [0.2, 0.25) is 0 Å². The van der Waals surface area contributed by atoms with Gasteiger partial charge in [0, 0.05) is 11.6 Å². The number of carboxylic acid groups (broad SMARTS) is 1. The van der Waals surface area contributed by atoms with E-state index in [1.54, 1.807) is 24.3 Å². The second-order valence-electron chi connectivity index (χ2n) is 4.34. The van der Waals surface area contributed by atoms with Crippen molar-refractivity contribution >= 4 is 17.6 Å². The molecule has 0 aliphatic carbocycles. The first-order valence-corrected chi connectivity index (χ1v) is 6.12. The molecule has 2 aromatic rings. The monoisotopic (exact) mass is 286 g/mol. The third-order valence-electron chi connectivity index (χ3n) is 2.93. The Morgan fingerprint density at radius 3 is 2.52 bits per heavy atom. The fraction of sp³-hybridized carbons (Fsp3) is 0.0625. The lowest BCUT2D eigenvalue weighted by atomic mass is 10.0. The molecule has 5 nitrogen and oxygen atoms in total. The molecule has 0 saturated carbocycles. The Labute approximate surface area is 121 Å². The maximum absolute atomic E-state index is 11.4. The highest BCUT2D eigenvalue weighted by molar-refractivity contribution is 6.20. The number of phenols is 2. The van der Waals surface area contributed by atoms with Gasteiger partial charge in [0.05, 0.1) is 12.7 Å². The quantitative estimate of drug-likeness (QED) is 0.594. The van der Waals surface area contributed by atoms with Crippen molar-refractivity contribution < 1.29 is 24.9 Å². The van der Waals surface area contributed by atoms with Gasteiger partial charge < -0.3 is 20.1 Å². The lowest BCUT2D eigenvalue weighted by molar-refractivity contribution is -0.130. The minimum atomic E-state index is -1.13. The summed E-state index contributed by atoms with van der Waals surface area (Å²) in [6.45, 7) is 0. The van der Waals surface area contributed by atoms with Crippen LogP contribution in [0.15, 0.2) is 42.5 Å². The lowest BCUT2D eigenvalue weighted by Gasteiger charge is -2.07. The zero-order valence-electron chi connectivity index (χ0n) is 11.3. The smallest absolute Gasteiger partial charge is 0.336 e. The summed E-state index contributed by atoms with van der Waals surface area (Å²) in [6.07, 6.45) is 1.34. The van der Waals surface area contributed by atoms with E-state index in [0.717, 1.165) is 6.07 Å². The van der Waals surface area contributed by atoms with Crippen LogP contribution in [0, 0.1) is 0 Å². The average molecular weight is 286 g/mol. The van der Waals surface area contributed by atoms with Gasteiger partial charge in [0.1, 0.15) is 17.2 Å². The molecule has 5 heteroatoms. The molecule has 0 heterocycles. The molecule has 3 N–H and O–H groups in total. The summed E-state index contributed by atoms with van der Waals surface area (Å²) in [5, 5.41) is 28.4. The minimum Gasteiger partial charge on any atom is -0.508 e. The molecule has 2 rings (SSSR count). The molecule has 0 radical (unpaired) electrons. The van der Waals surface area contributed by atoms with E-state index in [2.05, 4.69) is 0 Å². The maximum atomic E-state index is 11.4. The molecule has 0 aromatic heterocycles. The van der Waals surface area contributed by atoms with Crippen molar-refractivity contribution in [3.63, 3.8) is 0 Å². The van der Waals surface area contributed by atoms with E-state index in [9.17, 15) is 20.1 Å². The number of rotatable bonds is 4. The van der Waals surface area contributed by atoms with Crippen molar-refractivity contribution in [3.8, 4) is 17.2 Å². The molecule has 0 aliphatic heterocycles. The van der Waals surface area contributed by atoms with Gasteiger partial charge in [0.25, 0.3) is 0 Å². The van der Waals surface area contributed by atoms with Crippen LogP contribution in [0.5, 0.6) is 17.2 Å². The largest absolute Gasteiger partial charge is 0.508 e. The predicted octanol–water partition coefficient (Wildman–Crippen LogP) is 2.73. The van der Waals surface area contributed by atoms with Crippen molar-refractivity contribution in [1.29, 1.82) is 0 Å². The number of aromatic hydroxyl groups is 2. The van der Waals surface area contributed by atoms with Crippen LogP contribution < -0.4 is 4.74 Å². The van der Waals surface area contributed by atoms with E-state index in [0.29, 0.717) is 16.9 Å². The van der Waals surface area contributed by atoms with Crippen LogP contribution in [-0.2, 0) is 4.79 Å². The second kappa shape index (κ2) is 6.00. The van der Waals surface area contributed by atoms with Crippen LogP contribution in [0.3, 0.4) is 0 Å². The fourth-order valence-electron chi connectivity index (χ4n) is 1.87. The Kier molecular flexibility index (Phi) is 4.13. The van der Waals surface area contributed by atoms with Crippen LogP contribution >= 0.6 is 0 Å². The van der Waals surface area contributed by atoms with E-state index in [1.807, 2.05) is 0 Å². The molecule has 0 fully saturated rings. The van der Waals surface area contributed by atoms with Gasteiger partial charge in [-0.15, -0.1) is 0 Å². The van der Waals surface area contributed by atoms with Crippen LogP contribution in [0.4, 0.5) is 0 Å². The summed E-state index contributed by atoms with van der Waals surface area (Å²) in [4.78, 5) is 11.4. The summed E-state index contributed by atoms with van der Waals surface area (Å²) in [5.41, 5.74) is 0.761. The molecule has 108 valence electrons. The number of carboxylic acids is 1. The zero-order valence-corrected chi connectivity index (χ0v) is 11.3. The first-order chi connectivity index (χ1) is 10.0. The van der Waals surface area contributed by atoms with Gasteiger partial charge >= 0.3 is 5.97 Å². The third kappa shape index (κ3) is 3.33. The van der Waals surface area contributed by atoms with E-state index < -0.39 is 5.97 Å². The predicted molar refractivity (Wildman–Crippen MR) is 78.3 cm³/mol. The summed E-state index contributed by atoms with van der Waals surface area (Å²) in [6, 6.07) is 10.6. The van der Waals surface area contributed by atoms with Gasteiger partial charge in [-0.05, 0) is 35.9 Å². The summed E-state index contributed by atoms with van der Waals surface area (Å²) in [5.74, 6) is -0.884. The maximum Gasteiger partial charge on any atom is 0.336 e. The highest BCUT2D eigenvalue weighted by Gasteiger charge is 2.12. The SMILES string of the molecule is COc1cccc(/C(=C/c2ccc(O)cc2O)C(=O)O)c1. The third-order valence-corrected chi connectivity index (χ3v) is 2.93. The Morgan fingerprint density at radius 2 is 1.90 bits per heavy atom. The Bertz CT molecular complexity index is 704. The number of carbonyl (C=O) groups is 1. The first-order valence-electron chi connectivity index (χ1n) is 6.12. The standard InChI is InChI=1S/C16H14O5/c1-21-13-4-2-3-10(7-13)14(16(19)20)8-11-5-6-12(17)9-15(11)18/h2-9,17-18H,1H3,(H,19,20)/b14-8-. The van der Waals surface area contributed by atoms with Crippen molar-refractivity contribution in [1.82, 2.24) is 0 Å². The van der Waals surface area contributed by atoms with Gasteiger partial charge in [-0.2, -0.15) is 0 Å². The van der Waals surface area contributed by atoms with Gasteiger partial charge in [-0.1, -0.05) is 12.1 Å². The molecule has 21 heavy (non-hydrogen) atoms. The number of hydrogen-bond acceptors (Lipinski definition) is 4. The van der Waals surface area contributed by atoms with Crippen LogP contribution in [-0.4, -0.2) is 28.4 Å². The van der Waals surface area contributed by atoms with E-state index in [4.69, 9.17) is 4.74 Å². The number of ether oxygens (including phenoxy) is 1. The highest BCUT2D eigenvalue weighted by Crippen LogP contribution is 2.28. The number of hydrogen-bond donors (Lipinski definition) is 3. The second-order valence-corrected chi connectivity index (χ2v) is 4.34. The van der Waals surface area contributed by atoms with Crippen molar-refractivity contribution in [3.05, 3.63) is 53.6 Å². The number of methoxy groups -OCH3 is 1. The van der Waals surface area contributed by atoms with Gasteiger partial charge in [0.2, 0.25) is 0 Å². The van der Waals surface area contributed by atoms with E-state index in [1.165, 1.54) is 25.3 Å². The van der Waals surface area contributed by atoms with Crippen LogP contribution in [0.1, 0.15) is 11.1 Å². The van der Waals surface area contributed by atoms with Gasteiger partial charge in [0.15, 0.2) is 0 Å². The molecular weight excluding hydrogens is 272 g/mol. The topological polar surface area (TPSA) is 87.0 Å². The fourth-order valence-corrected chi connectivity index (χ4v) is 1.87. The normalized spacial score (nSPS) is 11.2. The minimum absolute atomic E-state index is 0.00916. The number of phenolic OH excluding ortho intramolecular Hbond substituents is 2. The molecule has 0 unspecified atom stereocenters. The van der Waals surface area contributed by atoms with Crippen molar-refractivity contribution in [2.24, 2.45) is 0 Å². The Hall–Kier alpha value is -2.95. The van der Waals surface area contributed by atoms with Crippen LogP contribution in [0.25, 0.3) is 11.6 Å².